The summed E-state index contributed by atoms with van der Waals surface area (Å²) in [6.07, 6.45) is -1.66. The normalized spacial score (nSPS) is 14.5. The van der Waals surface area contributed by atoms with Crippen molar-refractivity contribution in [3.63, 3.8) is 0 Å². The van der Waals surface area contributed by atoms with Gasteiger partial charge in [0.25, 0.3) is 0 Å². The topological polar surface area (TPSA) is 106 Å². The van der Waals surface area contributed by atoms with Crippen LogP contribution in [0.5, 0.6) is 5.75 Å². The van der Waals surface area contributed by atoms with Crippen LogP contribution in [0.2, 0.25) is 0 Å². The molecule has 2 aromatic carbocycles. The summed E-state index contributed by atoms with van der Waals surface area (Å²) in [5.74, 6) is -0.311. The van der Waals surface area contributed by atoms with Crippen molar-refractivity contribution in [1.29, 1.82) is 0 Å². The third kappa shape index (κ3) is 10.1. The van der Waals surface area contributed by atoms with Crippen LogP contribution in [-0.4, -0.2) is 80.4 Å². The maximum absolute atomic E-state index is 13.2. The highest BCUT2D eigenvalue weighted by molar-refractivity contribution is 7.89. The molecule has 0 unspecified atom stereocenters. The van der Waals surface area contributed by atoms with Crippen molar-refractivity contribution in [2.24, 2.45) is 5.92 Å². The average Bonchev–Trinajstić information content (AvgIpc) is 2.86. The molecule has 2 rings (SSSR count). The van der Waals surface area contributed by atoms with Crippen molar-refractivity contribution >= 4 is 16.1 Å². The minimum Gasteiger partial charge on any atom is -0.497 e. The molecule has 0 aliphatic rings. The van der Waals surface area contributed by atoms with Crippen LogP contribution in [0.1, 0.15) is 40.2 Å². The molecule has 0 saturated heterocycles. The number of hydrogen-bond acceptors (Lipinski definition) is 7. The van der Waals surface area contributed by atoms with Crippen molar-refractivity contribution in [3.05, 3.63) is 59.9 Å². The third-order valence-electron chi connectivity index (χ3n) is 6.05. The molecule has 39 heavy (non-hydrogen) atoms. The average molecular weight is 569 g/mol. The first kappa shape index (κ1) is 32.5. The molecule has 0 spiro atoms. The second-order valence-electron chi connectivity index (χ2n) is 10.6. The van der Waals surface area contributed by atoms with Gasteiger partial charge in [-0.15, -0.1) is 0 Å². The summed E-state index contributed by atoms with van der Waals surface area (Å²) in [7, 11) is -1.000. The summed E-state index contributed by atoms with van der Waals surface area (Å²) in [4.78, 5) is 14.5. The zero-order valence-corrected chi connectivity index (χ0v) is 24.6. The van der Waals surface area contributed by atoms with E-state index in [1.165, 1.54) is 24.1 Å². The smallest absolute Gasteiger partial charge is 0.410 e. The molecule has 0 saturated carbocycles. The first-order chi connectivity index (χ1) is 18.1. The minimum absolute atomic E-state index is 0.0794. The van der Waals surface area contributed by atoms with E-state index >= 15 is 0 Å². The predicted molar refractivity (Wildman–Crippen MR) is 146 cm³/mol. The molecule has 0 aromatic heterocycles. The Balaban J connectivity index is 2.06. The lowest BCUT2D eigenvalue weighted by Crippen LogP contribution is -2.48. The van der Waals surface area contributed by atoms with Gasteiger partial charge in [-0.2, -0.15) is 4.31 Å². The van der Waals surface area contributed by atoms with Crippen molar-refractivity contribution in [3.8, 4) is 5.75 Å². The molecule has 1 N–H and O–H groups in total. The number of hydrogen-bond donors (Lipinski definition) is 1. The van der Waals surface area contributed by atoms with Crippen LogP contribution in [0.15, 0.2) is 53.4 Å². The van der Waals surface area contributed by atoms with Crippen molar-refractivity contribution < 1.29 is 36.9 Å². The highest BCUT2D eigenvalue weighted by Gasteiger charge is 2.31. The van der Waals surface area contributed by atoms with E-state index in [2.05, 4.69) is 0 Å². The van der Waals surface area contributed by atoms with Crippen LogP contribution in [-0.2, 0) is 26.1 Å². The summed E-state index contributed by atoms with van der Waals surface area (Å²) in [5, 5.41) is 10.9. The van der Waals surface area contributed by atoms with E-state index in [1.54, 1.807) is 34.8 Å². The van der Waals surface area contributed by atoms with Gasteiger partial charge in [-0.05, 0) is 69.7 Å². The molecule has 0 bridgehead atoms. The molecule has 0 aliphatic carbocycles. The fourth-order valence-corrected chi connectivity index (χ4v) is 4.86. The Morgan fingerprint density at radius 2 is 1.62 bits per heavy atom. The summed E-state index contributed by atoms with van der Waals surface area (Å²) in [5.41, 5.74) is 0.214. The van der Waals surface area contributed by atoms with Crippen LogP contribution in [0.4, 0.5) is 9.18 Å². The standard InChI is InChI=1S/C28H41FN2O7S/c1-20(26(32)17-30(6)39(34,35)25-14-10-23(29)11-15-25)16-31(27(33)38-28(3,4)5)21(2)18-37-19-22-8-12-24(36-7)13-9-22/h8-15,20-21,26,32H,16-19H2,1-7H3/t20-,21+,26+/m1/s1. The number of amides is 1. The van der Waals surface area contributed by atoms with E-state index in [0.29, 0.717) is 6.61 Å². The fourth-order valence-electron chi connectivity index (χ4n) is 3.67. The highest BCUT2D eigenvalue weighted by Crippen LogP contribution is 2.20. The number of ether oxygens (including phenoxy) is 3. The summed E-state index contributed by atoms with van der Waals surface area (Å²) >= 11 is 0. The minimum atomic E-state index is -3.94. The maximum Gasteiger partial charge on any atom is 0.410 e. The third-order valence-corrected chi connectivity index (χ3v) is 7.89. The Labute approximate surface area is 231 Å². The van der Waals surface area contributed by atoms with Gasteiger partial charge in [-0.1, -0.05) is 19.1 Å². The Morgan fingerprint density at radius 1 is 1.03 bits per heavy atom. The van der Waals surface area contributed by atoms with Crippen LogP contribution in [0, 0.1) is 11.7 Å². The first-order valence-corrected chi connectivity index (χ1v) is 14.2. The summed E-state index contributed by atoms with van der Waals surface area (Å²) in [6.45, 7) is 9.28. The number of carbonyl (C=O) groups excluding carboxylic acids is 1. The van der Waals surface area contributed by atoms with E-state index in [0.717, 1.165) is 27.8 Å². The van der Waals surface area contributed by atoms with Crippen LogP contribution in [0.25, 0.3) is 0 Å². The molecule has 1 amide bonds. The van der Waals surface area contributed by atoms with Crippen LogP contribution >= 0.6 is 0 Å². The van der Waals surface area contributed by atoms with E-state index < -0.39 is 45.6 Å². The van der Waals surface area contributed by atoms with Gasteiger partial charge in [-0.25, -0.2) is 17.6 Å². The van der Waals surface area contributed by atoms with Crippen molar-refractivity contribution in [2.75, 3.05) is 33.9 Å². The van der Waals surface area contributed by atoms with Gasteiger partial charge in [0.05, 0.1) is 37.4 Å². The largest absolute Gasteiger partial charge is 0.497 e. The Hall–Kier alpha value is -2.73. The predicted octanol–water partition coefficient (Wildman–Crippen LogP) is 4.29. The molecule has 11 heteroatoms. The summed E-state index contributed by atoms with van der Waals surface area (Å²) < 4.78 is 56.6. The zero-order valence-electron chi connectivity index (χ0n) is 23.8. The van der Waals surface area contributed by atoms with Gasteiger partial charge in [-0.3, -0.25) is 0 Å². The molecule has 0 radical (unpaired) electrons. The Morgan fingerprint density at radius 3 is 2.15 bits per heavy atom. The van der Waals surface area contributed by atoms with Gasteiger partial charge in [0, 0.05) is 26.1 Å². The highest BCUT2D eigenvalue weighted by atomic mass is 32.2. The molecule has 0 fully saturated rings. The van der Waals surface area contributed by atoms with Crippen molar-refractivity contribution in [2.45, 2.75) is 63.9 Å². The fraction of sp³-hybridized carbons (Fsp3) is 0.536. The number of sulfonamides is 1. The lowest BCUT2D eigenvalue weighted by atomic mass is 10.0. The second kappa shape index (κ2) is 14.1. The van der Waals surface area contributed by atoms with Crippen LogP contribution < -0.4 is 4.74 Å². The Bertz CT molecular complexity index is 1150. The molecule has 0 heterocycles. The number of likely N-dealkylation sites (N-methyl/N-ethyl adjacent to an activating group) is 1. The van der Waals surface area contributed by atoms with Gasteiger partial charge in [0.15, 0.2) is 0 Å². The quantitative estimate of drug-likeness (QED) is 0.384. The second-order valence-corrected chi connectivity index (χ2v) is 12.7. The number of carbonyl (C=O) groups is 1. The molecule has 9 nitrogen and oxygen atoms in total. The number of aliphatic hydroxyl groups excluding tert-OH is 1. The number of halogens is 1. The molecular formula is C28H41FN2O7S. The maximum atomic E-state index is 13.2. The van der Waals surface area contributed by atoms with Gasteiger partial charge >= 0.3 is 6.09 Å². The SMILES string of the molecule is COc1ccc(COC[C@H](C)N(C[C@@H](C)[C@@H](O)CN(C)S(=O)(=O)c2ccc(F)cc2)C(=O)OC(C)(C)C)cc1. The Kier molecular flexibility index (Phi) is 11.7. The monoisotopic (exact) mass is 568 g/mol. The number of methoxy groups -OCH3 is 1. The van der Waals surface area contributed by atoms with E-state index in [1.807, 2.05) is 31.2 Å². The van der Waals surface area contributed by atoms with E-state index in [-0.39, 0.29) is 24.6 Å². The number of benzene rings is 2. The number of aliphatic hydroxyl groups is 1. The van der Waals surface area contributed by atoms with E-state index in [4.69, 9.17) is 14.2 Å². The molecule has 2 aromatic rings. The number of nitrogens with zero attached hydrogens (tertiary/aromatic N) is 2. The molecule has 3 atom stereocenters. The van der Waals surface area contributed by atoms with E-state index in [9.17, 15) is 22.7 Å². The zero-order chi connectivity index (χ0) is 29.4. The molecule has 218 valence electrons. The van der Waals surface area contributed by atoms with Gasteiger partial charge < -0.3 is 24.2 Å². The first-order valence-electron chi connectivity index (χ1n) is 12.7. The molecular weight excluding hydrogens is 527 g/mol. The lowest BCUT2D eigenvalue weighted by molar-refractivity contribution is -0.00963. The lowest BCUT2D eigenvalue weighted by Gasteiger charge is -2.35. The van der Waals surface area contributed by atoms with Gasteiger partial charge in [0.1, 0.15) is 17.2 Å². The summed E-state index contributed by atoms with van der Waals surface area (Å²) in [6, 6.07) is 11.6. The van der Waals surface area contributed by atoms with Gasteiger partial charge in [0.2, 0.25) is 10.0 Å². The van der Waals surface area contributed by atoms with Crippen molar-refractivity contribution in [1.82, 2.24) is 9.21 Å². The number of rotatable bonds is 13. The molecule has 0 aliphatic heterocycles. The van der Waals surface area contributed by atoms with Crippen LogP contribution in [0.3, 0.4) is 0 Å².